The Kier molecular flexibility index (Phi) is 8.66. The average molecular weight is 474 g/mol. The van der Waals surface area contributed by atoms with Crippen molar-refractivity contribution in [2.45, 2.75) is 60.2 Å². The van der Waals surface area contributed by atoms with Crippen molar-refractivity contribution >= 4 is 27.5 Å². The average Bonchev–Trinajstić information content (AvgIpc) is 2.68. The SMILES string of the molecule is Cc1cc(C)cc(N(CC(=O)N(Cc2ccccc2C)[C@H](C)C(=O)NC(C)C)S(C)(=O)=O)c1. The molecule has 1 atom stereocenters. The first-order valence-corrected chi connectivity index (χ1v) is 12.8. The number of amides is 2. The lowest BCUT2D eigenvalue weighted by molar-refractivity contribution is -0.139. The number of hydrogen-bond acceptors (Lipinski definition) is 4. The number of carbonyl (C=O) groups is 2. The highest BCUT2D eigenvalue weighted by Gasteiger charge is 2.30. The second-order valence-corrected chi connectivity index (χ2v) is 10.8. The lowest BCUT2D eigenvalue weighted by Gasteiger charge is -2.32. The van der Waals surface area contributed by atoms with Gasteiger partial charge in [0.1, 0.15) is 12.6 Å². The Morgan fingerprint density at radius 3 is 2.06 bits per heavy atom. The van der Waals surface area contributed by atoms with Crippen LogP contribution in [0.3, 0.4) is 0 Å². The Labute approximate surface area is 197 Å². The molecule has 0 bridgehead atoms. The second-order valence-electron chi connectivity index (χ2n) is 8.90. The van der Waals surface area contributed by atoms with E-state index in [1.54, 1.807) is 19.1 Å². The van der Waals surface area contributed by atoms with Crippen LogP contribution in [0.15, 0.2) is 42.5 Å². The molecule has 2 aromatic rings. The minimum atomic E-state index is -3.74. The van der Waals surface area contributed by atoms with Crippen LogP contribution in [0.25, 0.3) is 0 Å². The Hall–Kier alpha value is -2.87. The van der Waals surface area contributed by atoms with E-state index in [4.69, 9.17) is 0 Å². The van der Waals surface area contributed by atoms with Crippen molar-refractivity contribution in [3.8, 4) is 0 Å². The molecule has 33 heavy (non-hydrogen) atoms. The van der Waals surface area contributed by atoms with Crippen LogP contribution in [0, 0.1) is 20.8 Å². The highest BCUT2D eigenvalue weighted by molar-refractivity contribution is 7.92. The molecular formula is C25H35N3O4S. The molecule has 180 valence electrons. The number of anilines is 1. The summed E-state index contributed by atoms with van der Waals surface area (Å²) in [7, 11) is -3.74. The smallest absolute Gasteiger partial charge is 0.244 e. The van der Waals surface area contributed by atoms with E-state index in [1.807, 2.05) is 65.0 Å². The van der Waals surface area contributed by atoms with Crippen LogP contribution in [-0.4, -0.2) is 50.0 Å². The minimum Gasteiger partial charge on any atom is -0.352 e. The summed E-state index contributed by atoms with van der Waals surface area (Å²) in [5.41, 5.74) is 4.10. The van der Waals surface area contributed by atoms with Crippen LogP contribution in [0.1, 0.15) is 43.0 Å². The molecule has 0 unspecified atom stereocenters. The number of nitrogens with zero attached hydrogens (tertiary/aromatic N) is 2. The van der Waals surface area contributed by atoms with Crippen LogP contribution < -0.4 is 9.62 Å². The molecule has 0 saturated heterocycles. The van der Waals surface area contributed by atoms with Crippen molar-refractivity contribution < 1.29 is 18.0 Å². The predicted molar refractivity (Wildman–Crippen MR) is 133 cm³/mol. The summed E-state index contributed by atoms with van der Waals surface area (Å²) >= 11 is 0. The molecule has 2 amide bonds. The molecule has 0 aromatic heterocycles. The number of benzene rings is 2. The van der Waals surface area contributed by atoms with Gasteiger partial charge in [0.25, 0.3) is 0 Å². The van der Waals surface area contributed by atoms with E-state index in [1.165, 1.54) is 4.90 Å². The maximum absolute atomic E-state index is 13.5. The molecule has 0 radical (unpaired) electrons. The van der Waals surface area contributed by atoms with Gasteiger partial charge in [0.05, 0.1) is 11.9 Å². The number of aryl methyl sites for hydroxylation is 3. The Bertz CT molecular complexity index is 1090. The Morgan fingerprint density at radius 1 is 0.970 bits per heavy atom. The molecule has 2 aromatic carbocycles. The molecule has 0 heterocycles. The van der Waals surface area contributed by atoms with Crippen LogP contribution in [0.2, 0.25) is 0 Å². The maximum atomic E-state index is 13.5. The molecule has 2 rings (SSSR count). The van der Waals surface area contributed by atoms with E-state index >= 15 is 0 Å². The summed E-state index contributed by atoms with van der Waals surface area (Å²) in [6, 6.07) is 12.2. The lowest BCUT2D eigenvalue weighted by Crippen LogP contribution is -2.52. The fraction of sp³-hybridized carbons (Fsp3) is 0.440. The number of carbonyl (C=O) groups excluding carboxylic acids is 2. The van der Waals surface area contributed by atoms with Gasteiger partial charge >= 0.3 is 0 Å². The van der Waals surface area contributed by atoms with Crippen molar-refractivity contribution in [3.63, 3.8) is 0 Å². The van der Waals surface area contributed by atoms with E-state index in [2.05, 4.69) is 5.32 Å². The van der Waals surface area contributed by atoms with Crippen molar-refractivity contribution in [1.82, 2.24) is 10.2 Å². The normalized spacial score (nSPS) is 12.4. The zero-order valence-electron chi connectivity index (χ0n) is 20.5. The van der Waals surface area contributed by atoms with E-state index in [0.29, 0.717) is 5.69 Å². The van der Waals surface area contributed by atoms with Crippen molar-refractivity contribution in [2.75, 3.05) is 17.1 Å². The van der Waals surface area contributed by atoms with E-state index in [0.717, 1.165) is 32.8 Å². The highest BCUT2D eigenvalue weighted by atomic mass is 32.2. The van der Waals surface area contributed by atoms with Crippen LogP contribution in [0.4, 0.5) is 5.69 Å². The molecule has 0 aliphatic carbocycles. The second kappa shape index (κ2) is 10.8. The van der Waals surface area contributed by atoms with Gasteiger partial charge in [0.15, 0.2) is 0 Å². The summed E-state index contributed by atoms with van der Waals surface area (Å²) in [5.74, 6) is -0.738. The van der Waals surface area contributed by atoms with Crippen molar-refractivity contribution in [1.29, 1.82) is 0 Å². The number of nitrogens with one attached hydrogen (secondary N) is 1. The summed E-state index contributed by atoms with van der Waals surface area (Å²) in [6.07, 6.45) is 1.08. The quantitative estimate of drug-likeness (QED) is 0.605. The number of sulfonamides is 1. The molecule has 0 fully saturated rings. The zero-order chi connectivity index (χ0) is 24.9. The summed E-state index contributed by atoms with van der Waals surface area (Å²) in [4.78, 5) is 27.8. The fourth-order valence-electron chi connectivity index (χ4n) is 3.67. The minimum absolute atomic E-state index is 0.0850. The van der Waals surface area contributed by atoms with E-state index in [-0.39, 0.29) is 18.5 Å². The third kappa shape index (κ3) is 7.32. The van der Waals surface area contributed by atoms with Gasteiger partial charge in [-0.2, -0.15) is 0 Å². The van der Waals surface area contributed by atoms with Crippen molar-refractivity contribution in [3.05, 3.63) is 64.7 Å². The molecule has 7 nitrogen and oxygen atoms in total. The standard InChI is InChI=1S/C25H35N3O4S/c1-17(2)26-25(30)21(6)27(15-22-11-9-8-10-20(22)5)24(29)16-28(33(7,31)32)23-13-18(3)12-19(4)14-23/h8-14,17,21H,15-16H2,1-7H3,(H,26,30)/t21-/m1/s1. The van der Waals surface area contributed by atoms with E-state index < -0.39 is 28.5 Å². The van der Waals surface area contributed by atoms with Gasteiger partial charge in [-0.15, -0.1) is 0 Å². The first-order valence-electron chi connectivity index (χ1n) is 11.0. The van der Waals surface area contributed by atoms with Crippen LogP contribution in [-0.2, 0) is 26.2 Å². The van der Waals surface area contributed by atoms with Gasteiger partial charge < -0.3 is 10.2 Å². The van der Waals surface area contributed by atoms with Gasteiger partial charge in [0.2, 0.25) is 21.8 Å². The Balaban J connectivity index is 2.44. The van der Waals surface area contributed by atoms with Gasteiger partial charge in [0, 0.05) is 12.6 Å². The van der Waals surface area contributed by atoms with Gasteiger partial charge in [-0.25, -0.2) is 8.42 Å². The summed E-state index contributed by atoms with van der Waals surface area (Å²) < 4.78 is 26.4. The molecule has 0 aliphatic rings. The van der Waals surface area contributed by atoms with Gasteiger partial charge in [-0.05, 0) is 75.9 Å². The lowest BCUT2D eigenvalue weighted by atomic mass is 10.1. The van der Waals surface area contributed by atoms with Gasteiger partial charge in [-0.1, -0.05) is 30.3 Å². The first kappa shape index (κ1) is 26.4. The van der Waals surface area contributed by atoms with Crippen LogP contribution >= 0.6 is 0 Å². The zero-order valence-corrected chi connectivity index (χ0v) is 21.4. The predicted octanol–water partition coefficient (Wildman–Crippen LogP) is 3.32. The first-order chi connectivity index (χ1) is 15.3. The molecule has 8 heteroatoms. The molecular weight excluding hydrogens is 438 g/mol. The monoisotopic (exact) mass is 473 g/mol. The summed E-state index contributed by atoms with van der Waals surface area (Å²) in [5, 5.41) is 2.84. The highest BCUT2D eigenvalue weighted by Crippen LogP contribution is 2.22. The maximum Gasteiger partial charge on any atom is 0.244 e. The van der Waals surface area contributed by atoms with E-state index in [9.17, 15) is 18.0 Å². The third-order valence-corrected chi connectivity index (χ3v) is 6.51. The van der Waals surface area contributed by atoms with Crippen molar-refractivity contribution in [2.24, 2.45) is 0 Å². The molecule has 1 N–H and O–H groups in total. The summed E-state index contributed by atoms with van der Waals surface area (Å²) in [6.45, 7) is 10.9. The third-order valence-electron chi connectivity index (χ3n) is 5.37. The Morgan fingerprint density at radius 2 is 1.55 bits per heavy atom. The number of hydrogen-bond donors (Lipinski definition) is 1. The fourth-order valence-corrected chi connectivity index (χ4v) is 4.50. The molecule has 0 aliphatic heterocycles. The molecule has 0 saturated carbocycles. The largest absolute Gasteiger partial charge is 0.352 e. The van der Waals surface area contributed by atoms with Gasteiger partial charge in [-0.3, -0.25) is 13.9 Å². The van der Waals surface area contributed by atoms with Crippen LogP contribution in [0.5, 0.6) is 0 Å². The topological polar surface area (TPSA) is 86.8 Å². The number of rotatable bonds is 9. The molecule has 0 spiro atoms.